The third-order valence-corrected chi connectivity index (χ3v) is 5.35. The van der Waals surface area contributed by atoms with E-state index in [2.05, 4.69) is 15.4 Å². The molecule has 0 aliphatic rings. The Labute approximate surface area is 189 Å². The van der Waals surface area contributed by atoms with Gasteiger partial charge in [-0.15, -0.1) is 0 Å². The van der Waals surface area contributed by atoms with Crippen LogP contribution < -0.4 is 11.1 Å². The van der Waals surface area contributed by atoms with E-state index in [0.717, 1.165) is 16.7 Å². The van der Waals surface area contributed by atoms with E-state index in [1.807, 2.05) is 68.4 Å². The van der Waals surface area contributed by atoms with E-state index in [9.17, 15) is 4.79 Å². The number of aromatic nitrogens is 4. The van der Waals surface area contributed by atoms with Gasteiger partial charge in [-0.3, -0.25) is 9.78 Å². The van der Waals surface area contributed by atoms with Gasteiger partial charge >= 0.3 is 0 Å². The fraction of sp³-hybridized carbons (Fsp3) is 0.0800. The predicted molar refractivity (Wildman–Crippen MR) is 131 cm³/mol. The molecule has 162 valence electrons. The van der Waals surface area contributed by atoms with Crippen LogP contribution in [0.5, 0.6) is 0 Å². The summed E-state index contributed by atoms with van der Waals surface area (Å²) < 4.78 is 1.44. The van der Waals surface area contributed by atoms with Crippen LogP contribution in [0.15, 0.2) is 72.1 Å². The molecule has 8 nitrogen and oxygen atoms in total. The number of amides is 1. The number of rotatable bonds is 4. The molecule has 0 saturated heterocycles. The average Bonchev–Trinajstić information content (AvgIpc) is 3.09. The molecule has 0 aliphatic heterocycles. The maximum Gasteiger partial charge on any atom is 0.261 e. The molecule has 5 aromatic rings. The highest BCUT2D eigenvalue weighted by Gasteiger charge is 2.24. The van der Waals surface area contributed by atoms with Gasteiger partial charge in [-0.05, 0) is 49.2 Å². The lowest BCUT2D eigenvalue weighted by atomic mass is 10.1. The largest absolute Gasteiger partial charge is 0.383 e. The summed E-state index contributed by atoms with van der Waals surface area (Å²) in [6.45, 7) is 3.91. The summed E-state index contributed by atoms with van der Waals surface area (Å²) in [4.78, 5) is 26.9. The predicted octanol–water partition coefficient (Wildman–Crippen LogP) is 4.31. The molecular weight excluding hydrogens is 414 g/mol. The molecule has 0 spiro atoms. The Bertz CT molecular complexity index is 1540. The molecule has 3 heterocycles. The molecule has 5 rings (SSSR count). The van der Waals surface area contributed by atoms with Gasteiger partial charge in [0.1, 0.15) is 16.9 Å². The molecule has 1 amide bonds. The number of fused-ring (bicyclic) bond motifs is 2. The Balaban J connectivity index is 1.68. The SMILES string of the molecule is Cc1ccc(C)c(NC(=O)c2c(N)n(N=Cc3cccnc3)c3nc4ccccc4nc23)c1. The molecule has 0 aliphatic carbocycles. The lowest BCUT2D eigenvalue weighted by Gasteiger charge is -2.09. The quantitative estimate of drug-likeness (QED) is 0.409. The van der Waals surface area contributed by atoms with E-state index in [1.54, 1.807) is 18.6 Å². The van der Waals surface area contributed by atoms with Crippen LogP contribution in [0.4, 0.5) is 11.5 Å². The number of hydrogen-bond acceptors (Lipinski definition) is 6. The van der Waals surface area contributed by atoms with Crippen molar-refractivity contribution in [2.45, 2.75) is 13.8 Å². The number of pyridine rings is 1. The number of benzene rings is 2. The van der Waals surface area contributed by atoms with Crippen LogP contribution in [0, 0.1) is 13.8 Å². The first-order chi connectivity index (χ1) is 16.0. The first-order valence-corrected chi connectivity index (χ1v) is 10.4. The van der Waals surface area contributed by atoms with Crippen molar-refractivity contribution >= 4 is 45.8 Å². The molecule has 0 bridgehead atoms. The second-order valence-electron chi connectivity index (χ2n) is 7.76. The highest BCUT2D eigenvalue weighted by atomic mass is 16.1. The van der Waals surface area contributed by atoms with Gasteiger partial charge in [-0.1, -0.05) is 30.3 Å². The van der Waals surface area contributed by atoms with Gasteiger partial charge in [0.25, 0.3) is 5.91 Å². The molecule has 3 N–H and O–H groups in total. The summed E-state index contributed by atoms with van der Waals surface area (Å²) in [5.74, 6) is -0.214. The summed E-state index contributed by atoms with van der Waals surface area (Å²) >= 11 is 0. The number of carbonyl (C=O) groups excluding carboxylic acids is 1. The standard InChI is InChI=1S/C25H21N7O/c1-15-9-10-16(2)20(12-15)31-25(33)21-22-24(30-19-8-4-3-7-18(19)29-22)32(23(21)26)28-14-17-6-5-11-27-13-17/h3-14H,26H2,1-2H3,(H,31,33). The molecule has 2 aromatic carbocycles. The fourth-order valence-corrected chi connectivity index (χ4v) is 3.62. The second kappa shape index (κ2) is 8.16. The van der Waals surface area contributed by atoms with Gasteiger partial charge in [0.15, 0.2) is 5.65 Å². The van der Waals surface area contributed by atoms with Gasteiger partial charge in [-0.25, -0.2) is 9.97 Å². The van der Waals surface area contributed by atoms with Crippen LogP contribution in [-0.2, 0) is 0 Å². The van der Waals surface area contributed by atoms with E-state index in [-0.39, 0.29) is 17.3 Å². The Morgan fingerprint density at radius 2 is 1.85 bits per heavy atom. The molecule has 3 aromatic heterocycles. The zero-order chi connectivity index (χ0) is 22.9. The maximum absolute atomic E-state index is 13.4. The van der Waals surface area contributed by atoms with E-state index < -0.39 is 0 Å². The third-order valence-electron chi connectivity index (χ3n) is 5.35. The molecular formula is C25H21N7O. The number of nitrogens with two attached hydrogens (primary N) is 1. The Morgan fingerprint density at radius 3 is 2.61 bits per heavy atom. The van der Waals surface area contributed by atoms with Crippen molar-refractivity contribution in [2.24, 2.45) is 5.10 Å². The number of carbonyl (C=O) groups is 1. The third kappa shape index (κ3) is 3.78. The number of hydrogen-bond donors (Lipinski definition) is 2. The van der Waals surface area contributed by atoms with Crippen LogP contribution in [0.3, 0.4) is 0 Å². The van der Waals surface area contributed by atoms with Gasteiger partial charge in [-0.2, -0.15) is 9.78 Å². The normalized spacial score (nSPS) is 11.5. The lowest BCUT2D eigenvalue weighted by Crippen LogP contribution is -2.15. The molecule has 0 atom stereocenters. The number of anilines is 2. The van der Waals surface area contributed by atoms with Crippen molar-refractivity contribution in [3.05, 3.63) is 89.2 Å². The topological polar surface area (TPSA) is 111 Å². The lowest BCUT2D eigenvalue weighted by molar-refractivity contribution is 0.102. The molecule has 0 unspecified atom stereocenters. The highest BCUT2D eigenvalue weighted by Crippen LogP contribution is 2.29. The van der Waals surface area contributed by atoms with E-state index in [1.165, 1.54) is 4.68 Å². The zero-order valence-corrected chi connectivity index (χ0v) is 18.1. The molecule has 33 heavy (non-hydrogen) atoms. The van der Waals surface area contributed by atoms with Crippen molar-refractivity contribution < 1.29 is 4.79 Å². The summed E-state index contributed by atoms with van der Waals surface area (Å²) in [6.07, 6.45) is 4.98. The molecule has 0 fully saturated rings. The summed E-state index contributed by atoms with van der Waals surface area (Å²) in [7, 11) is 0. The number of nitrogens with zero attached hydrogens (tertiary/aromatic N) is 5. The zero-order valence-electron chi connectivity index (χ0n) is 18.1. The van der Waals surface area contributed by atoms with Gasteiger partial charge < -0.3 is 11.1 Å². The first kappa shape index (κ1) is 20.3. The van der Waals surface area contributed by atoms with E-state index in [0.29, 0.717) is 27.9 Å². The van der Waals surface area contributed by atoms with Crippen molar-refractivity contribution in [3.8, 4) is 0 Å². The Morgan fingerprint density at radius 1 is 1.06 bits per heavy atom. The van der Waals surface area contributed by atoms with Crippen LogP contribution in [0.1, 0.15) is 27.0 Å². The molecule has 8 heteroatoms. The summed E-state index contributed by atoms with van der Waals surface area (Å²) in [5.41, 5.74) is 12.3. The van der Waals surface area contributed by atoms with Gasteiger partial charge in [0.2, 0.25) is 0 Å². The summed E-state index contributed by atoms with van der Waals surface area (Å²) in [6, 6.07) is 17.0. The van der Waals surface area contributed by atoms with Crippen LogP contribution in [-0.4, -0.2) is 31.7 Å². The van der Waals surface area contributed by atoms with Gasteiger partial charge in [0.05, 0.1) is 17.2 Å². The number of nitrogen functional groups attached to an aromatic ring is 1. The van der Waals surface area contributed by atoms with Crippen LogP contribution in [0.25, 0.3) is 22.2 Å². The summed E-state index contributed by atoms with van der Waals surface area (Å²) in [5, 5.41) is 7.47. The smallest absolute Gasteiger partial charge is 0.261 e. The molecule has 0 radical (unpaired) electrons. The monoisotopic (exact) mass is 435 g/mol. The minimum absolute atomic E-state index is 0.156. The minimum atomic E-state index is -0.369. The van der Waals surface area contributed by atoms with E-state index >= 15 is 0 Å². The average molecular weight is 435 g/mol. The van der Waals surface area contributed by atoms with Crippen molar-refractivity contribution in [1.82, 2.24) is 19.6 Å². The van der Waals surface area contributed by atoms with Crippen molar-refractivity contribution in [3.63, 3.8) is 0 Å². The first-order valence-electron chi connectivity index (χ1n) is 10.4. The molecule has 0 saturated carbocycles. The van der Waals surface area contributed by atoms with Crippen LogP contribution >= 0.6 is 0 Å². The highest BCUT2D eigenvalue weighted by molar-refractivity contribution is 6.16. The number of nitrogens with one attached hydrogen (secondary N) is 1. The van der Waals surface area contributed by atoms with Crippen LogP contribution in [0.2, 0.25) is 0 Å². The van der Waals surface area contributed by atoms with E-state index in [4.69, 9.17) is 15.7 Å². The Kier molecular flexibility index (Phi) is 5.02. The number of para-hydroxylation sites is 2. The maximum atomic E-state index is 13.4. The fourth-order valence-electron chi connectivity index (χ4n) is 3.62. The Hall–Kier alpha value is -4.59. The van der Waals surface area contributed by atoms with Crippen molar-refractivity contribution in [2.75, 3.05) is 11.1 Å². The van der Waals surface area contributed by atoms with Crippen molar-refractivity contribution in [1.29, 1.82) is 0 Å². The number of aryl methyl sites for hydroxylation is 2. The van der Waals surface area contributed by atoms with Gasteiger partial charge in [0, 0.05) is 23.6 Å². The minimum Gasteiger partial charge on any atom is -0.383 e. The second-order valence-corrected chi connectivity index (χ2v) is 7.76.